The predicted octanol–water partition coefficient (Wildman–Crippen LogP) is 2.78. The summed E-state index contributed by atoms with van der Waals surface area (Å²) in [5.74, 6) is -1.53. The molecule has 0 fully saturated rings. The van der Waals surface area contributed by atoms with Crippen LogP contribution in [-0.2, 0) is 25.2 Å². The van der Waals surface area contributed by atoms with Crippen LogP contribution in [0.3, 0.4) is 0 Å². The van der Waals surface area contributed by atoms with Crippen molar-refractivity contribution in [1.29, 1.82) is 0 Å². The molecule has 0 aliphatic carbocycles. The summed E-state index contributed by atoms with van der Waals surface area (Å²) >= 11 is 0. The summed E-state index contributed by atoms with van der Waals surface area (Å²) in [6, 6.07) is 8.93. The van der Waals surface area contributed by atoms with Crippen molar-refractivity contribution in [1.82, 2.24) is 4.57 Å². The molecule has 8 nitrogen and oxygen atoms in total. The molecule has 0 bridgehead atoms. The molecule has 1 aliphatic rings. The number of benzene rings is 1. The SMILES string of the molecule is CC(C)CCC1(C)C(=O)C(C(=O)Nc2ccccc2S(N)(=O)=O)=C(O)c2cccn21. The van der Waals surface area contributed by atoms with Crippen LogP contribution < -0.4 is 10.5 Å². The minimum Gasteiger partial charge on any atom is -0.505 e. The number of sulfonamides is 1. The first-order valence-corrected chi connectivity index (χ1v) is 11.1. The number of Topliss-reactive ketones (excluding diaryl/α,β-unsaturated/α-hetero) is 1. The molecule has 1 aromatic carbocycles. The average Bonchev–Trinajstić information content (AvgIpc) is 3.15. The zero-order valence-electron chi connectivity index (χ0n) is 17.0. The van der Waals surface area contributed by atoms with Gasteiger partial charge in [0.25, 0.3) is 5.91 Å². The number of hydrogen-bond acceptors (Lipinski definition) is 5. The number of aromatic nitrogens is 1. The van der Waals surface area contributed by atoms with Crippen LogP contribution in [0, 0.1) is 5.92 Å². The summed E-state index contributed by atoms with van der Waals surface area (Å²) in [6.07, 6.45) is 2.92. The molecule has 3 rings (SSSR count). The molecule has 0 radical (unpaired) electrons. The Morgan fingerprint density at radius 1 is 1.23 bits per heavy atom. The van der Waals surface area contributed by atoms with Gasteiger partial charge in [-0.05, 0) is 49.9 Å². The number of primary sulfonamides is 1. The van der Waals surface area contributed by atoms with Gasteiger partial charge in [0.2, 0.25) is 10.0 Å². The van der Waals surface area contributed by atoms with Crippen molar-refractivity contribution in [2.24, 2.45) is 11.1 Å². The summed E-state index contributed by atoms with van der Waals surface area (Å²) in [5.41, 5.74) is -1.17. The quantitative estimate of drug-likeness (QED) is 0.605. The normalized spacial score (nSPS) is 19.2. The van der Waals surface area contributed by atoms with E-state index in [0.717, 1.165) is 6.42 Å². The van der Waals surface area contributed by atoms with Crippen molar-refractivity contribution in [3.8, 4) is 0 Å². The van der Waals surface area contributed by atoms with Gasteiger partial charge in [-0.3, -0.25) is 9.59 Å². The molecule has 1 atom stereocenters. The van der Waals surface area contributed by atoms with Gasteiger partial charge >= 0.3 is 0 Å². The lowest BCUT2D eigenvalue weighted by Gasteiger charge is -2.36. The van der Waals surface area contributed by atoms with E-state index >= 15 is 0 Å². The van der Waals surface area contributed by atoms with Crippen LogP contribution in [-0.4, -0.2) is 29.8 Å². The number of carbonyl (C=O) groups is 2. The molecule has 1 unspecified atom stereocenters. The summed E-state index contributed by atoms with van der Waals surface area (Å²) in [6.45, 7) is 5.82. The van der Waals surface area contributed by atoms with E-state index in [1.807, 2.05) is 13.8 Å². The fourth-order valence-corrected chi connectivity index (χ4v) is 4.33. The van der Waals surface area contributed by atoms with Crippen molar-refractivity contribution in [2.75, 3.05) is 5.32 Å². The molecule has 9 heteroatoms. The van der Waals surface area contributed by atoms with E-state index < -0.39 is 38.6 Å². The lowest BCUT2D eigenvalue weighted by molar-refractivity contribution is -0.126. The van der Waals surface area contributed by atoms with Crippen molar-refractivity contribution in [3.63, 3.8) is 0 Å². The average molecular weight is 432 g/mol. The van der Waals surface area contributed by atoms with E-state index in [1.165, 1.54) is 24.3 Å². The monoisotopic (exact) mass is 431 g/mol. The molecule has 1 amide bonds. The van der Waals surface area contributed by atoms with Gasteiger partial charge in [0.05, 0.1) is 11.4 Å². The van der Waals surface area contributed by atoms with E-state index in [1.54, 1.807) is 29.8 Å². The number of rotatable bonds is 6. The first-order chi connectivity index (χ1) is 14.0. The maximum atomic E-state index is 13.4. The van der Waals surface area contributed by atoms with E-state index in [9.17, 15) is 23.1 Å². The molecule has 30 heavy (non-hydrogen) atoms. The Kier molecular flexibility index (Phi) is 5.62. The van der Waals surface area contributed by atoms with Gasteiger partial charge < -0.3 is 15.0 Å². The lowest BCUT2D eigenvalue weighted by Crippen LogP contribution is -2.46. The highest BCUT2D eigenvalue weighted by Gasteiger charge is 2.45. The Labute approximate surface area is 175 Å². The fourth-order valence-electron chi connectivity index (χ4n) is 3.64. The van der Waals surface area contributed by atoms with E-state index in [0.29, 0.717) is 18.0 Å². The largest absolute Gasteiger partial charge is 0.505 e. The number of aliphatic hydroxyl groups excluding tert-OH is 1. The first-order valence-electron chi connectivity index (χ1n) is 9.56. The number of nitrogens with zero attached hydrogens (tertiary/aromatic N) is 1. The lowest BCUT2D eigenvalue weighted by atomic mass is 9.81. The summed E-state index contributed by atoms with van der Waals surface area (Å²) in [4.78, 5) is 26.1. The van der Waals surface area contributed by atoms with Crippen molar-refractivity contribution in [3.05, 3.63) is 53.9 Å². The van der Waals surface area contributed by atoms with E-state index in [4.69, 9.17) is 5.14 Å². The standard InChI is InChI=1S/C21H25N3O5S/c1-13(2)10-11-21(3)19(26)17(18(25)15-8-6-12-24(15)21)20(27)23-14-7-4-5-9-16(14)30(22,28)29/h4-9,12-13,25H,10-11H2,1-3H3,(H,23,27)(H2,22,28,29). The third kappa shape index (κ3) is 3.78. The van der Waals surface area contributed by atoms with Crippen LogP contribution >= 0.6 is 0 Å². The Balaban J connectivity index is 2.05. The summed E-state index contributed by atoms with van der Waals surface area (Å²) < 4.78 is 25.3. The van der Waals surface area contributed by atoms with Gasteiger partial charge in [-0.2, -0.15) is 0 Å². The minimum absolute atomic E-state index is 0.0667. The van der Waals surface area contributed by atoms with Crippen LogP contribution in [0.25, 0.3) is 5.76 Å². The van der Waals surface area contributed by atoms with Crippen LogP contribution in [0.15, 0.2) is 53.1 Å². The number of ketones is 1. The van der Waals surface area contributed by atoms with Gasteiger partial charge in [0.15, 0.2) is 11.5 Å². The molecule has 0 saturated carbocycles. The fraction of sp³-hybridized carbons (Fsp3) is 0.333. The van der Waals surface area contributed by atoms with Gasteiger partial charge in [-0.1, -0.05) is 26.0 Å². The number of para-hydroxylation sites is 1. The van der Waals surface area contributed by atoms with E-state index in [-0.39, 0.29) is 10.6 Å². The third-order valence-electron chi connectivity index (χ3n) is 5.35. The number of carbonyl (C=O) groups excluding carboxylic acids is 2. The highest BCUT2D eigenvalue weighted by Crippen LogP contribution is 2.38. The van der Waals surface area contributed by atoms with Crippen molar-refractivity contribution >= 4 is 33.2 Å². The highest BCUT2D eigenvalue weighted by molar-refractivity contribution is 7.89. The second kappa shape index (κ2) is 7.73. The molecule has 2 aromatic rings. The highest BCUT2D eigenvalue weighted by atomic mass is 32.2. The van der Waals surface area contributed by atoms with Gasteiger partial charge in [-0.15, -0.1) is 0 Å². The van der Waals surface area contributed by atoms with Crippen molar-refractivity contribution in [2.45, 2.75) is 44.0 Å². The van der Waals surface area contributed by atoms with Crippen LogP contribution in [0.4, 0.5) is 5.69 Å². The Morgan fingerprint density at radius 2 is 1.90 bits per heavy atom. The minimum atomic E-state index is -4.10. The zero-order chi connectivity index (χ0) is 22.3. The number of hydrogen-bond donors (Lipinski definition) is 3. The molecule has 0 saturated heterocycles. The van der Waals surface area contributed by atoms with Crippen LogP contribution in [0.2, 0.25) is 0 Å². The number of anilines is 1. The van der Waals surface area contributed by atoms with Gasteiger partial charge in [-0.25, -0.2) is 13.6 Å². The van der Waals surface area contributed by atoms with Crippen LogP contribution in [0.1, 0.15) is 39.3 Å². The molecule has 0 spiro atoms. The molecule has 2 heterocycles. The molecular formula is C21H25N3O5S. The Hall–Kier alpha value is -2.91. The number of nitrogens with two attached hydrogens (primary N) is 1. The number of fused-ring (bicyclic) bond motifs is 1. The molecule has 4 N–H and O–H groups in total. The topological polar surface area (TPSA) is 131 Å². The smallest absolute Gasteiger partial charge is 0.263 e. The zero-order valence-corrected chi connectivity index (χ0v) is 17.9. The first kappa shape index (κ1) is 21.8. The predicted molar refractivity (Wildman–Crippen MR) is 113 cm³/mol. The second-order valence-corrected chi connectivity index (χ2v) is 9.55. The number of aliphatic hydroxyl groups is 1. The van der Waals surface area contributed by atoms with Crippen molar-refractivity contribution < 1.29 is 23.1 Å². The molecular weight excluding hydrogens is 406 g/mol. The Morgan fingerprint density at radius 3 is 2.53 bits per heavy atom. The van der Waals surface area contributed by atoms with E-state index in [2.05, 4.69) is 5.32 Å². The van der Waals surface area contributed by atoms with Gasteiger partial charge in [0.1, 0.15) is 16.0 Å². The number of nitrogens with one attached hydrogen (secondary N) is 1. The maximum Gasteiger partial charge on any atom is 0.263 e. The molecule has 160 valence electrons. The maximum absolute atomic E-state index is 13.4. The third-order valence-corrected chi connectivity index (χ3v) is 6.32. The number of amides is 1. The summed E-state index contributed by atoms with van der Waals surface area (Å²) in [5, 5.41) is 18.3. The second-order valence-electron chi connectivity index (χ2n) is 8.02. The molecule has 1 aliphatic heterocycles. The Bertz CT molecular complexity index is 1150. The van der Waals surface area contributed by atoms with Gasteiger partial charge in [0, 0.05) is 6.20 Å². The summed E-state index contributed by atoms with van der Waals surface area (Å²) in [7, 11) is -4.10. The van der Waals surface area contributed by atoms with Crippen LogP contribution in [0.5, 0.6) is 0 Å². The molecule has 1 aromatic heterocycles.